The molecule has 4 rings (SSSR count). The highest BCUT2D eigenvalue weighted by molar-refractivity contribution is 5.71. The number of fused-ring (bicyclic) bond motifs is 5. The molecule has 9 atom stereocenters. The Bertz CT molecular complexity index is 632. The van der Waals surface area contributed by atoms with Crippen LogP contribution in [-0.2, 0) is 14.3 Å². The second kappa shape index (κ2) is 6.47. The molecule has 1 aliphatic heterocycles. The number of carbonyl (C=O) groups excluding carboxylic acids is 1. The van der Waals surface area contributed by atoms with E-state index in [4.69, 9.17) is 4.74 Å². The maximum absolute atomic E-state index is 12.7. The van der Waals surface area contributed by atoms with Crippen LogP contribution in [0.1, 0.15) is 72.1 Å². The molecule has 2 N–H and O–H groups in total. The Balaban J connectivity index is 1.66. The van der Waals surface area contributed by atoms with Crippen molar-refractivity contribution in [2.75, 3.05) is 0 Å². The molecule has 0 amide bonds. The van der Waals surface area contributed by atoms with Crippen LogP contribution >= 0.6 is 0 Å². The third kappa shape index (κ3) is 2.83. The van der Waals surface area contributed by atoms with E-state index in [9.17, 15) is 19.8 Å². The summed E-state index contributed by atoms with van der Waals surface area (Å²) in [5.41, 5.74) is -0.0580. The van der Waals surface area contributed by atoms with Crippen LogP contribution in [0.5, 0.6) is 0 Å². The molecule has 4 fully saturated rings. The molecule has 1 saturated heterocycles. The Hall–Kier alpha value is -1.10. The van der Waals surface area contributed by atoms with Gasteiger partial charge in [0.25, 0.3) is 0 Å². The van der Waals surface area contributed by atoms with Gasteiger partial charge in [0.1, 0.15) is 6.10 Å². The summed E-state index contributed by atoms with van der Waals surface area (Å²) in [6.07, 6.45) is 6.23. The molecule has 0 bridgehead atoms. The van der Waals surface area contributed by atoms with E-state index >= 15 is 0 Å². The fraction of sp³-hybridized carbons (Fsp3) is 0.909. The van der Waals surface area contributed by atoms with E-state index in [-0.39, 0.29) is 46.8 Å². The van der Waals surface area contributed by atoms with E-state index in [1.54, 1.807) is 0 Å². The molecular formula is C22H34O5. The van der Waals surface area contributed by atoms with Gasteiger partial charge in [-0.15, -0.1) is 0 Å². The van der Waals surface area contributed by atoms with E-state index in [0.29, 0.717) is 24.7 Å². The number of aliphatic hydroxyl groups excluding tert-OH is 1. The minimum Gasteiger partial charge on any atom is -0.481 e. The van der Waals surface area contributed by atoms with Gasteiger partial charge in [0.05, 0.1) is 12.0 Å². The zero-order chi connectivity index (χ0) is 19.6. The molecule has 3 aliphatic carbocycles. The van der Waals surface area contributed by atoms with Gasteiger partial charge >= 0.3 is 11.9 Å². The summed E-state index contributed by atoms with van der Waals surface area (Å²) in [5, 5.41) is 19.7. The van der Waals surface area contributed by atoms with E-state index < -0.39 is 5.97 Å². The number of hydrogen-bond acceptors (Lipinski definition) is 4. The van der Waals surface area contributed by atoms with E-state index in [1.807, 2.05) is 6.92 Å². The number of aliphatic carboxylic acids is 1. The molecule has 5 nitrogen and oxygen atoms in total. The molecule has 152 valence electrons. The van der Waals surface area contributed by atoms with Gasteiger partial charge < -0.3 is 14.9 Å². The molecule has 4 aliphatic rings. The summed E-state index contributed by atoms with van der Waals surface area (Å²) in [6, 6.07) is 0. The van der Waals surface area contributed by atoms with Gasteiger partial charge in [-0.2, -0.15) is 0 Å². The predicted octanol–water partition coefficient (Wildman–Crippen LogP) is 3.63. The summed E-state index contributed by atoms with van der Waals surface area (Å²) >= 11 is 0. The summed E-state index contributed by atoms with van der Waals surface area (Å²) in [5.74, 6) is 0.160. The van der Waals surface area contributed by atoms with Crippen molar-refractivity contribution < 1.29 is 24.5 Å². The second-order valence-electron chi connectivity index (χ2n) is 10.3. The molecule has 5 heteroatoms. The van der Waals surface area contributed by atoms with Crippen LogP contribution in [0.4, 0.5) is 0 Å². The molecule has 0 aromatic carbocycles. The number of carboxylic acid groups (broad SMARTS) is 1. The van der Waals surface area contributed by atoms with Crippen molar-refractivity contribution in [2.24, 2.45) is 40.4 Å². The standard InChI is InChI=1S/C22H34O5/c1-12(20(25)26)15-4-5-16-14-11-19(24)27-18-10-13(23)6-8-22(18,3)17(14)7-9-21(15,16)2/h12-18,23H,4-11H2,1-3H3,(H,25,26)/t12-,13+,14-,15+,16-,17-,18-,21+,22+/m0/s1. The Morgan fingerprint density at radius 1 is 1.11 bits per heavy atom. The minimum atomic E-state index is -0.697. The van der Waals surface area contributed by atoms with Crippen LogP contribution in [0.2, 0.25) is 0 Å². The normalized spacial score (nSPS) is 50.6. The third-order valence-electron chi connectivity index (χ3n) is 9.26. The lowest BCUT2D eigenvalue weighted by molar-refractivity contribution is -0.162. The molecule has 0 unspecified atom stereocenters. The van der Waals surface area contributed by atoms with Gasteiger partial charge in [0, 0.05) is 18.3 Å². The first-order valence-corrected chi connectivity index (χ1v) is 10.8. The molecule has 3 saturated carbocycles. The van der Waals surface area contributed by atoms with Crippen molar-refractivity contribution in [1.82, 2.24) is 0 Å². The number of carbonyl (C=O) groups is 2. The summed E-state index contributed by atoms with van der Waals surface area (Å²) in [6.45, 7) is 6.41. The van der Waals surface area contributed by atoms with Gasteiger partial charge in [-0.05, 0) is 67.6 Å². The number of rotatable bonds is 2. The van der Waals surface area contributed by atoms with Crippen molar-refractivity contribution in [1.29, 1.82) is 0 Å². The van der Waals surface area contributed by atoms with Crippen molar-refractivity contribution in [2.45, 2.75) is 84.3 Å². The zero-order valence-corrected chi connectivity index (χ0v) is 16.8. The van der Waals surface area contributed by atoms with Gasteiger partial charge in [0.2, 0.25) is 0 Å². The number of carboxylic acids is 1. The van der Waals surface area contributed by atoms with Crippen molar-refractivity contribution in [3.05, 3.63) is 0 Å². The Labute approximate surface area is 161 Å². The van der Waals surface area contributed by atoms with Crippen LogP contribution in [0.3, 0.4) is 0 Å². The molecule has 27 heavy (non-hydrogen) atoms. The first-order chi connectivity index (χ1) is 12.7. The average molecular weight is 379 g/mol. The highest BCUT2D eigenvalue weighted by Crippen LogP contribution is 2.65. The Kier molecular flexibility index (Phi) is 4.60. The zero-order valence-electron chi connectivity index (χ0n) is 16.8. The SMILES string of the molecule is C[C@H](C(=O)O)[C@H]1CC[C@H]2[C@@H]3CC(=O)O[C@H]4C[C@H](O)CC[C@]4(C)[C@H]3CC[C@]12C. The lowest BCUT2D eigenvalue weighted by Crippen LogP contribution is -2.52. The van der Waals surface area contributed by atoms with Crippen molar-refractivity contribution in [3.63, 3.8) is 0 Å². The second-order valence-corrected chi connectivity index (χ2v) is 10.3. The van der Waals surface area contributed by atoms with E-state index in [1.165, 1.54) is 0 Å². The van der Waals surface area contributed by atoms with E-state index in [2.05, 4.69) is 13.8 Å². The van der Waals surface area contributed by atoms with Crippen molar-refractivity contribution in [3.8, 4) is 0 Å². The summed E-state index contributed by atoms with van der Waals surface area (Å²) in [4.78, 5) is 24.3. The maximum atomic E-state index is 12.7. The Morgan fingerprint density at radius 3 is 2.48 bits per heavy atom. The van der Waals surface area contributed by atoms with Gasteiger partial charge in [-0.1, -0.05) is 20.8 Å². The molecule has 0 aromatic rings. The van der Waals surface area contributed by atoms with Crippen molar-refractivity contribution >= 4 is 11.9 Å². The quantitative estimate of drug-likeness (QED) is 0.717. The van der Waals surface area contributed by atoms with Gasteiger partial charge in [-0.25, -0.2) is 0 Å². The highest BCUT2D eigenvalue weighted by atomic mass is 16.5. The molecule has 0 radical (unpaired) electrons. The van der Waals surface area contributed by atoms with Crippen LogP contribution in [0.15, 0.2) is 0 Å². The van der Waals surface area contributed by atoms with Crippen LogP contribution < -0.4 is 0 Å². The maximum Gasteiger partial charge on any atom is 0.306 e. The largest absolute Gasteiger partial charge is 0.481 e. The van der Waals surface area contributed by atoms with Crippen LogP contribution in [-0.4, -0.2) is 34.4 Å². The smallest absolute Gasteiger partial charge is 0.306 e. The monoisotopic (exact) mass is 378 g/mol. The van der Waals surface area contributed by atoms with E-state index in [0.717, 1.165) is 38.5 Å². The first kappa shape index (κ1) is 19.2. The number of ether oxygens (including phenoxy) is 1. The predicted molar refractivity (Wildman–Crippen MR) is 99.8 cm³/mol. The van der Waals surface area contributed by atoms with Gasteiger partial charge in [-0.3, -0.25) is 9.59 Å². The highest BCUT2D eigenvalue weighted by Gasteiger charge is 2.61. The van der Waals surface area contributed by atoms with Gasteiger partial charge in [0.15, 0.2) is 0 Å². The fourth-order valence-corrected chi connectivity index (χ4v) is 7.70. The molecule has 0 spiro atoms. The summed E-state index contributed by atoms with van der Waals surface area (Å²) < 4.78 is 5.88. The van der Waals surface area contributed by atoms with Crippen LogP contribution in [0.25, 0.3) is 0 Å². The number of esters is 1. The average Bonchev–Trinajstić information content (AvgIpc) is 2.90. The minimum absolute atomic E-state index is 0.00360. The lowest BCUT2D eigenvalue weighted by atomic mass is 9.49. The third-order valence-corrected chi connectivity index (χ3v) is 9.26. The van der Waals surface area contributed by atoms with Crippen LogP contribution in [0, 0.1) is 40.4 Å². The fourth-order valence-electron chi connectivity index (χ4n) is 7.70. The molecule has 1 heterocycles. The Morgan fingerprint density at radius 2 is 1.78 bits per heavy atom. The lowest BCUT2D eigenvalue weighted by Gasteiger charge is -2.55. The molecule has 0 aromatic heterocycles. The first-order valence-electron chi connectivity index (χ1n) is 10.8. The topological polar surface area (TPSA) is 83.8 Å². The molecular weight excluding hydrogens is 344 g/mol. The number of hydrogen-bond donors (Lipinski definition) is 2. The summed E-state index contributed by atoms with van der Waals surface area (Å²) in [7, 11) is 0. The number of aliphatic hydroxyl groups is 1.